The average molecular weight is 447 g/mol. The average Bonchev–Trinajstić information content (AvgIpc) is 3.22. The van der Waals surface area contributed by atoms with Gasteiger partial charge in [-0.3, -0.25) is 9.88 Å². The molecule has 0 spiro atoms. The number of hydrogen-bond donors (Lipinski definition) is 0. The molecule has 1 aliphatic rings. The van der Waals surface area contributed by atoms with Crippen LogP contribution in [-0.2, 0) is 12.0 Å². The molecule has 0 aliphatic carbocycles. The van der Waals surface area contributed by atoms with Crippen LogP contribution in [-0.4, -0.2) is 47.5 Å². The third-order valence-corrected chi connectivity index (χ3v) is 7.95. The summed E-state index contributed by atoms with van der Waals surface area (Å²) >= 11 is 1.76. The second kappa shape index (κ2) is 10.1. The molecular weight excluding hydrogens is 412 g/mol. The molecule has 5 heteroatoms. The zero-order valence-corrected chi connectivity index (χ0v) is 20.4. The Labute approximate surface area is 196 Å². The van der Waals surface area contributed by atoms with E-state index in [0.717, 1.165) is 63.5 Å². The first-order valence-corrected chi connectivity index (χ1v) is 12.6. The first-order chi connectivity index (χ1) is 15.5. The second-order valence-electron chi connectivity index (χ2n) is 9.38. The minimum Gasteiger partial charge on any atom is -0.301 e. The molecule has 1 aliphatic heterocycles. The van der Waals surface area contributed by atoms with Crippen molar-refractivity contribution < 1.29 is 0 Å². The van der Waals surface area contributed by atoms with Crippen molar-refractivity contribution in [3.05, 3.63) is 64.8 Å². The Morgan fingerprint density at radius 2 is 1.81 bits per heavy atom. The summed E-state index contributed by atoms with van der Waals surface area (Å²) in [6, 6.07) is 17.6. The molecule has 1 saturated heterocycles. The number of rotatable bonds is 8. The lowest BCUT2D eigenvalue weighted by Gasteiger charge is -2.36. The van der Waals surface area contributed by atoms with Crippen molar-refractivity contribution >= 4 is 21.4 Å². The van der Waals surface area contributed by atoms with Gasteiger partial charge in [0.1, 0.15) is 0 Å². The monoisotopic (exact) mass is 446 g/mol. The fourth-order valence-electron chi connectivity index (χ4n) is 4.97. The van der Waals surface area contributed by atoms with Crippen LogP contribution in [0, 0.1) is 24.2 Å². The van der Waals surface area contributed by atoms with Gasteiger partial charge in [-0.2, -0.15) is 5.26 Å². The summed E-state index contributed by atoms with van der Waals surface area (Å²) in [4.78, 5) is 9.72. The van der Waals surface area contributed by atoms with Crippen molar-refractivity contribution in [1.82, 2.24) is 14.8 Å². The van der Waals surface area contributed by atoms with Crippen molar-refractivity contribution in [1.29, 1.82) is 5.26 Å². The maximum Gasteiger partial charge on any atom is 0.0859 e. The standard InChI is InChI=1S/C27H34N4S/c1-21(2)27(20-28,25-19-32-26-11-5-4-10-24(25)26)12-7-13-30-14-16-31(17-15-30)18-23-9-6-8-22(3)29-23/h4-6,8-11,19,21H,7,12-18H2,1-3H3. The van der Waals surface area contributed by atoms with Crippen LogP contribution in [0.1, 0.15) is 43.6 Å². The van der Waals surface area contributed by atoms with Gasteiger partial charge in [-0.25, -0.2) is 0 Å². The van der Waals surface area contributed by atoms with E-state index in [1.807, 2.05) is 0 Å². The molecule has 0 N–H and O–H groups in total. The molecule has 1 fully saturated rings. The Balaban J connectivity index is 1.34. The molecule has 4 nitrogen and oxygen atoms in total. The maximum absolute atomic E-state index is 10.3. The van der Waals surface area contributed by atoms with E-state index in [4.69, 9.17) is 0 Å². The molecule has 168 valence electrons. The number of hydrogen-bond acceptors (Lipinski definition) is 5. The summed E-state index contributed by atoms with van der Waals surface area (Å²) < 4.78 is 1.28. The molecule has 0 bridgehead atoms. The number of piperazine rings is 1. The Bertz CT molecular complexity index is 1070. The highest BCUT2D eigenvalue weighted by molar-refractivity contribution is 7.17. The van der Waals surface area contributed by atoms with E-state index in [1.54, 1.807) is 11.3 Å². The largest absolute Gasteiger partial charge is 0.301 e. The van der Waals surface area contributed by atoms with Gasteiger partial charge in [0.05, 0.1) is 17.2 Å². The Hall–Kier alpha value is -2.26. The Morgan fingerprint density at radius 1 is 1.06 bits per heavy atom. The number of nitriles is 1. The molecule has 4 rings (SSSR count). The van der Waals surface area contributed by atoms with Crippen LogP contribution in [0.4, 0.5) is 0 Å². The first-order valence-electron chi connectivity index (χ1n) is 11.8. The van der Waals surface area contributed by atoms with Crippen molar-refractivity contribution in [3.63, 3.8) is 0 Å². The van der Waals surface area contributed by atoms with Gasteiger partial charge in [-0.15, -0.1) is 11.3 Å². The molecule has 1 aromatic carbocycles. The predicted octanol–water partition coefficient (Wildman–Crippen LogP) is 5.62. The molecule has 1 atom stereocenters. The molecule has 0 amide bonds. The smallest absolute Gasteiger partial charge is 0.0859 e. The fourth-order valence-corrected chi connectivity index (χ4v) is 6.02. The fraction of sp³-hybridized carbons (Fsp3) is 0.481. The van der Waals surface area contributed by atoms with Gasteiger partial charge >= 0.3 is 0 Å². The van der Waals surface area contributed by atoms with Crippen LogP contribution in [0.5, 0.6) is 0 Å². The van der Waals surface area contributed by atoms with Crippen molar-refractivity contribution in [2.45, 2.75) is 45.6 Å². The zero-order chi connectivity index (χ0) is 22.6. The van der Waals surface area contributed by atoms with Gasteiger partial charge in [-0.05, 0) is 66.8 Å². The molecule has 0 radical (unpaired) electrons. The van der Waals surface area contributed by atoms with Gasteiger partial charge in [0.2, 0.25) is 0 Å². The van der Waals surface area contributed by atoms with Gasteiger partial charge < -0.3 is 4.90 Å². The van der Waals surface area contributed by atoms with E-state index >= 15 is 0 Å². The molecule has 3 aromatic rings. The number of aryl methyl sites for hydroxylation is 1. The second-order valence-corrected chi connectivity index (χ2v) is 10.3. The van der Waals surface area contributed by atoms with Crippen LogP contribution >= 0.6 is 11.3 Å². The molecule has 32 heavy (non-hydrogen) atoms. The van der Waals surface area contributed by atoms with Gasteiger partial charge in [0.15, 0.2) is 0 Å². The third-order valence-electron chi connectivity index (χ3n) is 6.99. The van der Waals surface area contributed by atoms with Gasteiger partial charge in [0.25, 0.3) is 0 Å². The predicted molar refractivity (Wildman–Crippen MR) is 134 cm³/mol. The van der Waals surface area contributed by atoms with E-state index < -0.39 is 5.41 Å². The highest BCUT2D eigenvalue weighted by Crippen LogP contribution is 2.42. The van der Waals surface area contributed by atoms with E-state index in [1.165, 1.54) is 15.6 Å². The molecular formula is C27H34N4S. The summed E-state index contributed by atoms with van der Waals surface area (Å²) in [7, 11) is 0. The quantitative estimate of drug-likeness (QED) is 0.450. The van der Waals surface area contributed by atoms with Crippen LogP contribution < -0.4 is 0 Å². The summed E-state index contributed by atoms with van der Waals surface area (Å²) in [5.74, 6) is 0.282. The van der Waals surface area contributed by atoms with E-state index in [9.17, 15) is 5.26 Å². The highest BCUT2D eigenvalue weighted by atomic mass is 32.1. The summed E-state index contributed by atoms with van der Waals surface area (Å²) in [5.41, 5.74) is 3.06. The number of pyridine rings is 1. The summed E-state index contributed by atoms with van der Waals surface area (Å²) in [6.45, 7) is 12.8. The molecule has 2 aromatic heterocycles. The van der Waals surface area contributed by atoms with Crippen molar-refractivity contribution in [3.8, 4) is 6.07 Å². The highest BCUT2D eigenvalue weighted by Gasteiger charge is 2.37. The van der Waals surface area contributed by atoms with Gasteiger partial charge in [-0.1, -0.05) is 38.1 Å². The van der Waals surface area contributed by atoms with Crippen LogP contribution in [0.25, 0.3) is 10.1 Å². The van der Waals surface area contributed by atoms with Gasteiger partial charge in [0, 0.05) is 43.1 Å². The minimum absolute atomic E-state index is 0.282. The lowest BCUT2D eigenvalue weighted by atomic mass is 9.70. The van der Waals surface area contributed by atoms with Crippen LogP contribution in [0.2, 0.25) is 0 Å². The number of aromatic nitrogens is 1. The van der Waals surface area contributed by atoms with Crippen molar-refractivity contribution in [2.24, 2.45) is 5.92 Å². The lowest BCUT2D eigenvalue weighted by Crippen LogP contribution is -2.46. The Morgan fingerprint density at radius 3 is 2.53 bits per heavy atom. The summed E-state index contributed by atoms with van der Waals surface area (Å²) in [6.07, 6.45) is 1.96. The van der Waals surface area contributed by atoms with E-state index in [2.05, 4.69) is 89.5 Å². The minimum atomic E-state index is -0.418. The normalized spacial score (nSPS) is 17.5. The third kappa shape index (κ3) is 4.88. The molecule has 0 saturated carbocycles. The first kappa shape index (κ1) is 22.9. The Kier molecular flexibility index (Phi) is 7.25. The SMILES string of the molecule is Cc1cccc(CN2CCN(CCCC(C#N)(c3csc4ccccc34)C(C)C)CC2)n1. The van der Waals surface area contributed by atoms with Crippen molar-refractivity contribution in [2.75, 3.05) is 32.7 Å². The number of benzene rings is 1. The zero-order valence-electron chi connectivity index (χ0n) is 19.6. The lowest BCUT2D eigenvalue weighted by molar-refractivity contribution is 0.122. The van der Waals surface area contributed by atoms with E-state index in [0.29, 0.717) is 0 Å². The maximum atomic E-state index is 10.3. The number of fused-ring (bicyclic) bond motifs is 1. The molecule has 3 heterocycles. The van der Waals surface area contributed by atoms with E-state index in [-0.39, 0.29) is 5.92 Å². The molecule has 1 unspecified atom stereocenters. The van der Waals surface area contributed by atoms with Crippen LogP contribution in [0.3, 0.4) is 0 Å². The van der Waals surface area contributed by atoms with Crippen LogP contribution in [0.15, 0.2) is 47.8 Å². The number of nitrogens with zero attached hydrogens (tertiary/aromatic N) is 4. The summed E-state index contributed by atoms with van der Waals surface area (Å²) in [5, 5.41) is 13.8. The topological polar surface area (TPSA) is 43.2 Å². The number of thiophene rings is 1.